The number of carbonyl (C=O) groups is 1. The van der Waals surface area contributed by atoms with Crippen LogP contribution in [0.25, 0.3) is 0 Å². The number of fused-ring (bicyclic) bond motifs is 1. The molecule has 0 heterocycles. The Balaban J connectivity index is 1.38. The van der Waals surface area contributed by atoms with E-state index in [2.05, 4.69) is 30.4 Å². The highest BCUT2D eigenvalue weighted by Gasteiger charge is 2.10. The summed E-state index contributed by atoms with van der Waals surface area (Å²) in [5, 5.41) is 2.83. The average Bonchev–Trinajstić information content (AvgIpc) is 2.66. The molecular formula is C22H27NO3. The molecule has 0 radical (unpaired) electrons. The van der Waals surface area contributed by atoms with E-state index in [4.69, 9.17) is 9.47 Å². The summed E-state index contributed by atoms with van der Waals surface area (Å²) in [5.41, 5.74) is 5.10. The van der Waals surface area contributed by atoms with Crippen LogP contribution in [-0.4, -0.2) is 25.7 Å². The number of ether oxygens (including phenoxy) is 2. The van der Waals surface area contributed by atoms with E-state index in [0.29, 0.717) is 13.2 Å². The van der Waals surface area contributed by atoms with Crippen LogP contribution in [0.2, 0.25) is 0 Å². The molecule has 2 aromatic carbocycles. The molecule has 4 heteroatoms. The molecule has 4 nitrogen and oxygen atoms in total. The van der Waals surface area contributed by atoms with Crippen LogP contribution in [0, 0.1) is 13.8 Å². The summed E-state index contributed by atoms with van der Waals surface area (Å²) in [4.78, 5) is 11.9. The van der Waals surface area contributed by atoms with Crippen LogP contribution in [0.15, 0.2) is 36.4 Å². The second kappa shape index (κ2) is 8.75. The summed E-state index contributed by atoms with van der Waals surface area (Å²) >= 11 is 0. The highest BCUT2D eigenvalue weighted by molar-refractivity contribution is 5.77. The summed E-state index contributed by atoms with van der Waals surface area (Å²) in [5.74, 6) is 1.50. The van der Waals surface area contributed by atoms with Gasteiger partial charge in [-0.3, -0.25) is 4.79 Å². The molecule has 0 unspecified atom stereocenters. The van der Waals surface area contributed by atoms with Gasteiger partial charge in [-0.15, -0.1) is 0 Å². The van der Waals surface area contributed by atoms with Crippen LogP contribution >= 0.6 is 0 Å². The number of hydrogen-bond donors (Lipinski definition) is 1. The van der Waals surface area contributed by atoms with Crippen LogP contribution in [0.4, 0.5) is 0 Å². The van der Waals surface area contributed by atoms with E-state index < -0.39 is 0 Å². The van der Waals surface area contributed by atoms with Gasteiger partial charge in [0.05, 0.1) is 6.54 Å². The van der Waals surface area contributed by atoms with Crippen LogP contribution in [0.5, 0.6) is 11.5 Å². The fourth-order valence-electron chi connectivity index (χ4n) is 3.23. The molecule has 0 atom stereocenters. The Kier molecular flexibility index (Phi) is 6.16. The van der Waals surface area contributed by atoms with Gasteiger partial charge in [0.15, 0.2) is 6.61 Å². The first kappa shape index (κ1) is 18.3. The number of hydrogen-bond acceptors (Lipinski definition) is 3. The van der Waals surface area contributed by atoms with Crippen molar-refractivity contribution in [3.8, 4) is 11.5 Å². The Morgan fingerprint density at radius 2 is 1.85 bits per heavy atom. The van der Waals surface area contributed by atoms with E-state index >= 15 is 0 Å². The van der Waals surface area contributed by atoms with E-state index in [9.17, 15) is 4.79 Å². The molecule has 1 aliphatic rings. The highest BCUT2D eigenvalue weighted by Crippen LogP contribution is 2.25. The van der Waals surface area contributed by atoms with Crippen molar-refractivity contribution in [1.29, 1.82) is 0 Å². The van der Waals surface area contributed by atoms with Gasteiger partial charge in [-0.05, 0) is 80.0 Å². The Hall–Kier alpha value is -2.49. The minimum atomic E-state index is -0.132. The second-order valence-electron chi connectivity index (χ2n) is 6.82. The zero-order valence-corrected chi connectivity index (χ0v) is 15.6. The van der Waals surface area contributed by atoms with Crippen molar-refractivity contribution in [2.24, 2.45) is 0 Å². The van der Waals surface area contributed by atoms with Gasteiger partial charge in [-0.25, -0.2) is 0 Å². The van der Waals surface area contributed by atoms with E-state index in [-0.39, 0.29) is 12.5 Å². The molecular weight excluding hydrogens is 326 g/mol. The lowest BCUT2D eigenvalue weighted by atomic mass is 9.92. The Morgan fingerprint density at radius 3 is 2.69 bits per heavy atom. The quantitative estimate of drug-likeness (QED) is 0.771. The topological polar surface area (TPSA) is 47.6 Å². The third-order valence-corrected chi connectivity index (χ3v) is 4.93. The third kappa shape index (κ3) is 4.78. The average molecular weight is 353 g/mol. The van der Waals surface area contributed by atoms with Crippen molar-refractivity contribution in [3.63, 3.8) is 0 Å². The SMILES string of the molecule is Cc1cccc(OCCNC(=O)COc2ccc3c(c2)CCCC3)c1C. The van der Waals surface area contributed by atoms with Gasteiger partial charge in [0.2, 0.25) is 0 Å². The Labute approximate surface area is 155 Å². The second-order valence-corrected chi connectivity index (χ2v) is 6.82. The summed E-state index contributed by atoms with van der Waals surface area (Å²) in [6.45, 7) is 5.02. The zero-order chi connectivity index (χ0) is 18.4. The maximum Gasteiger partial charge on any atom is 0.258 e. The largest absolute Gasteiger partial charge is 0.491 e. The van der Waals surface area contributed by atoms with Crippen molar-refractivity contribution in [1.82, 2.24) is 5.32 Å². The third-order valence-electron chi connectivity index (χ3n) is 4.93. The number of nitrogens with one attached hydrogen (secondary N) is 1. The highest BCUT2D eigenvalue weighted by atomic mass is 16.5. The predicted molar refractivity (Wildman–Crippen MR) is 103 cm³/mol. The van der Waals surface area contributed by atoms with Crippen LogP contribution < -0.4 is 14.8 Å². The molecule has 0 spiro atoms. The number of carbonyl (C=O) groups excluding carboxylic acids is 1. The summed E-state index contributed by atoms with van der Waals surface area (Å²) < 4.78 is 11.4. The Morgan fingerprint density at radius 1 is 1.04 bits per heavy atom. The number of aryl methyl sites for hydroxylation is 3. The van der Waals surface area contributed by atoms with Crippen molar-refractivity contribution in [2.75, 3.05) is 19.8 Å². The van der Waals surface area contributed by atoms with E-state index in [0.717, 1.165) is 29.9 Å². The van der Waals surface area contributed by atoms with Gasteiger partial charge < -0.3 is 14.8 Å². The maximum atomic E-state index is 11.9. The van der Waals surface area contributed by atoms with Crippen molar-refractivity contribution < 1.29 is 14.3 Å². The van der Waals surface area contributed by atoms with E-state index in [1.165, 1.54) is 29.5 Å². The van der Waals surface area contributed by atoms with Crippen molar-refractivity contribution >= 4 is 5.91 Å². The van der Waals surface area contributed by atoms with Gasteiger partial charge >= 0.3 is 0 Å². The maximum absolute atomic E-state index is 11.9. The lowest BCUT2D eigenvalue weighted by molar-refractivity contribution is -0.123. The van der Waals surface area contributed by atoms with Crippen LogP contribution in [0.3, 0.4) is 0 Å². The van der Waals surface area contributed by atoms with Gasteiger partial charge in [-0.2, -0.15) is 0 Å². The van der Waals surface area contributed by atoms with E-state index in [1.54, 1.807) is 0 Å². The van der Waals surface area contributed by atoms with Crippen LogP contribution in [0.1, 0.15) is 35.1 Å². The molecule has 0 bridgehead atoms. The molecule has 26 heavy (non-hydrogen) atoms. The van der Waals surface area contributed by atoms with Gasteiger partial charge in [0, 0.05) is 0 Å². The van der Waals surface area contributed by atoms with E-state index in [1.807, 2.05) is 25.1 Å². The molecule has 0 aromatic heterocycles. The van der Waals surface area contributed by atoms with Crippen molar-refractivity contribution in [3.05, 3.63) is 58.7 Å². The molecule has 2 aromatic rings. The minimum absolute atomic E-state index is 0.0300. The van der Waals surface area contributed by atoms with Gasteiger partial charge in [0.1, 0.15) is 18.1 Å². The molecule has 0 saturated carbocycles. The van der Waals surface area contributed by atoms with Gasteiger partial charge in [-0.1, -0.05) is 18.2 Å². The standard InChI is InChI=1S/C22H27NO3/c1-16-6-5-9-21(17(16)2)25-13-12-23-22(24)15-26-20-11-10-18-7-3-4-8-19(18)14-20/h5-6,9-11,14H,3-4,7-8,12-13,15H2,1-2H3,(H,23,24). The Bertz CT molecular complexity index is 770. The first-order chi connectivity index (χ1) is 12.6. The number of benzene rings is 2. The molecule has 0 fully saturated rings. The number of amides is 1. The van der Waals surface area contributed by atoms with Crippen molar-refractivity contribution in [2.45, 2.75) is 39.5 Å². The molecule has 1 aliphatic carbocycles. The molecule has 138 valence electrons. The predicted octanol–water partition coefficient (Wildman–Crippen LogP) is 3.76. The molecule has 3 rings (SSSR count). The molecule has 1 N–H and O–H groups in total. The fraction of sp³-hybridized carbons (Fsp3) is 0.409. The summed E-state index contributed by atoms with van der Waals surface area (Å²) in [6, 6.07) is 12.1. The monoisotopic (exact) mass is 353 g/mol. The normalized spacial score (nSPS) is 13.0. The number of rotatable bonds is 7. The smallest absolute Gasteiger partial charge is 0.258 e. The minimum Gasteiger partial charge on any atom is -0.491 e. The zero-order valence-electron chi connectivity index (χ0n) is 15.6. The molecule has 1 amide bonds. The first-order valence-corrected chi connectivity index (χ1v) is 9.34. The summed E-state index contributed by atoms with van der Waals surface area (Å²) in [6.07, 6.45) is 4.75. The first-order valence-electron chi connectivity index (χ1n) is 9.34. The molecule has 0 aliphatic heterocycles. The fourth-order valence-corrected chi connectivity index (χ4v) is 3.23. The lowest BCUT2D eigenvalue weighted by Gasteiger charge is -2.16. The van der Waals surface area contributed by atoms with Crippen LogP contribution in [-0.2, 0) is 17.6 Å². The van der Waals surface area contributed by atoms with Gasteiger partial charge in [0.25, 0.3) is 5.91 Å². The lowest BCUT2D eigenvalue weighted by Crippen LogP contribution is -2.32. The summed E-state index contributed by atoms with van der Waals surface area (Å²) in [7, 11) is 0. The molecule has 0 saturated heterocycles.